The number of para-hydroxylation sites is 1. The van der Waals surface area contributed by atoms with Gasteiger partial charge < -0.3 is 0 Å². The molecule has 0 aromatic heterocycles. The fraction of sp³-hybridized carbons (Fsp3) is 0.294. The van der Waals surface area contributed by atoms with Crippen molar-refractivity contribution < 1.29 is 13.3 Å². The van der Waals surface area contributed by atoms with Crippen LogP contribution >= 0.6 is 0 Å². The van der Waals surface area contributed by atoms with Gasteiger partial charge in [-0.05, 0) is 23.8 Å². The number of hydroxylamine groups is 2. The molecular formula is C17H18N2O3S. The van der Waals surface area contributed by atoms with E-state index >= 15 is 0 Å². The van der Waals surface area contributed by atoms with E-state index in [0.29, 0.717) is 18.0 Å². The first kappa shape index (κ1) is 14.7. The van der Waals surface area contributed by atoms with Gasteiger partial charge in [0.2, 0.25) is 0 Å². The molecule has 0 unspecified atom stereocenters. The smallest absolute Gasteiger partial charge is 0.264 e. The lowest BCUT2D eigenvalue weighted by atomic mass is 9.89. The Morgan fingerprint density at radius 3 is 2.52 bits per heavy atom. The molecule has 1 fully saturated rings. The topological polar surface area (TPSA) is 49.9 Å². The third-order valence-electron chi connectivity index (χ3n) is 4.59. The average Bonchev–Trinajstić information content (AvgIpc) is 2.96. The summed E-state index contributed by atoms with van der Waals surface area (Å²) in [4.78, 5) is 5.96. The van der Waals surface area contributed by atoms with E-state index in [0.717, 1.165) is 11.3 Å². The SMILES string of the molecule is CN1OC[C@@H]2CN(S(=O)(=O)c3ccccc3)c3ccccc3[C@@H]21. The average molecular weight is 330 g/mol. The Balaban J connectivity index is 1.85. The highest BCUT2D eigenvalue weighted by molar-refractivity contribution is 7.92. The molecule has 2 aliphatic rings. The van der Waals surface area contributed by atoms with Crippen LogP contribution in [0.15, 0.2) is 59.5 Å². The molecule has 5 nitrogen and oxygen atoms in total. The molecule has 1 saturated heterocycles. The van der Waals surface area contributed by atoms with Crippen LogP contribution in [0.25, 0.3) is 0 Å². The van der Waals surface area contributed by atoms with Crippen molar-refractivity contribution in [3.8, 4) is 0 Å². The Morgan fingerprint density at radius 2 is 1.74 bits per heavy atom. The molecule has 0 aliphatic carbocycles. The second-order valence-electron chi connectivity index (χ2n) is 5.95. The van der Waals surface area contributed by atoms with E-state index in [-0.39, 0.29) is 12.0 Å². The third kappa shape index (κ3) is 2.25. The van der Waals surface area contributed by atoms with E-state index in [2.05, 4.69) is 0 Å². The molecule has 2 atom stereocenters. The summed E-state index contributed by atoms with van der Waals surface area (Å²) in [6, 6.07) is 16.4. The second kappa shape index (κ2) is 5.33. The zero-order valence-electron chi connectivity index (χ0n) is 12.8. The Kier molecular flexibility index (Phi) is 3.41. The lowest BCUT2D eigenvalue weighted by Crippen LogP contribution is -2.42. The fourth-order valence-corrected chi connectivity index (χ4v) is 5.08. The van der Waals surface area contributed by atoms with Gasteiger partial charge in [-0.15, -0.1) is 0 Å². The Hall–Kier alpha value is -1.89. The Labute approximate surface area is 136 Å². The number of fused-ring (bicyclic) bond motifs is 3. The maximum atomic E-state index is 13.1. The molecule has 2 aliphatic heterocycles. The van der Waals surface area contributed by atoms with Gasteiger partial charge in [-0.1, -0.05) is 36.4 Å². The molecule has 6 heteroatoms. The van der Waals surface area contributed by atoms with Gasteiger partial charge in [-0.3, -0.25) is 9.14 Å². The van der Waals surface area contributed by atoms with Gasteiger partial charge in [-0.25, -0.2) is 8.42 Å². The molecule has 4 rings (SSSR count). The number of hydrogen-bond donors (Lipinski definition) is 0. The minimum Gasteiger partial charge on any atom is -0.298 e. The summed E-state index contributed by atoms with van der Waals surface area (Å²) in [6.45, 7) is 0.972. The lowest BCUT2D eigenvalue weighted by molar-refractivity contribution is -0.110. The van der Waals surface area contributed by atoms with E-state index in [1.54, 1.807) is 24.3 Å². The molecule has 2 heterocycles. The van der Waals surface area contributed by atoms with Crippen molar-refractivity contribution in [2.75, 3.05) is 24.5 Å². The first-order chi connectivity index (χ1) is 11.1. The van der Waals surface area contributed by atoms with Crippen LogP contribution in [0.5, 0.6) is 0 Å². The normalized spacial score (nSPS) is 24.3. The number of sulfonamides is 1. The van der Waals surface area contributed by atoms with Crippen LogP contribution in [0.3, 0.4) is 0 Å². The Morgan fingerprint density at radius 1 is 1.04 bits per heavy atom. The van der Waals surface area contributed by atoms with Crippen molar-refractivity contribution in [1.29, 1.82) is 0 Å². The molecule has 0 bridgehead atoms. The summed E-state index contributed by atoms with van der Waals surface area (Å²) in [5.74, 6) is 0.133. The first-order valence-electron chi connectivity index (χ1n) is 7.61. The van der Waals surface area contributed by atoms with E-state index in [4.69, 9.17) is 4.84 Å². The molecule has 0 radical (unpaired) electrons. The zero-order chi connectivity index (χ0) is 16.0. The van der Waals surface area contributed by atoms with Crippen molar-refractivity contribution >= 4 is 15.7 Å². The largest absolute Gasteiger partial charge is 0.298 e. The maximum absolute atomic E-state index is 13.1. The highest BCUT2D eigenvalue weighted by atomic mass is 32.2. The monoisotopic (exact) mass is 330 g/mol. The van der Waals surface area contributed by atoms with Crippen LogP contribution in [0.1, 0.15) is 11.6 Å². The predicted molar refractivity (Wildman–Crippen MR) is 87.4 cm³/mol. The third-order valence-corrected chi connectivity index (χ3v) is 6.38. The summed E-state index contributed by atoms with van der Waals surface area (Å²) in [5.41, 5.74) is 1.75. The summed E-state index contributed by atoms with van der Waals surface area (Å²) in [7, 11) is -1.67. The van der Waals surface area contributed by atoms with Crippen molar-refractivity contribution in [1.82, 2.24) is 5.06 Å². The molecule has 2 aromatic carbocycles. The van der Waals surface area contributed by atoms with Crippen LogP contribution in [-0.4, -0.2) is 33.7 Å². The van der Waals surface area contributed by atoms with Gasteiger partial charge in [0.05, 0.1) is 23.2 Å². The number of benzene rings is 2. The van der Waals surface area contributed by atoms with E-state index in [1.165, 1.54) is 4.31 Å². The summed E-state index contributed by atoms with van der Waals surface area (Å²) in [5, 5.41) is 1.84. The van der Waals surface area contributed by atoms with Gasteiger partial charge in [0, 0.05) is 19.5 Å². The quantitative estimate of drug-likeness (QED) is 0.849. The minimum atomic E-state index is -3.57. The summed E-state index contributed by atoms with van der Waals surface area (Å²) >= 11 is 0. The first-order valence-corrected chi connectivity index (χ1v) is 9.05. The van der Waals surface area contributed by atoms with Gasteiger partial charge in [0.1, 0.15) is 0 Å². The van der Waals surface area contributed by atoms with Crippen molar-refractivity contribution in [2.24, 2.45) is 5.92 Å². The molecule has 0 amide bonds. The summed E-state index contributed by atoms with van der Waals surface area (Å²) in [6.07, 6.45) is 0. The number of hydrogen-bond acceptors (Lipinski definition) is 4. The van der Waals surface area contributed by atoms with Crippen molar-refractivity contribution in [3.63, 3.8) is 0 Å². The van der Waals surface area contributed by atoms with Gasteiger partial charge >= 0.3 is 0 Å². The molecule has 120 valence electrons. The van der Waals surface area contributed by atoms with E-state index in [1.807, 2.05) is 42.4 Å². The van der Waals surface area contributed by atoms with Gasteiger partial charge in [0.25, 0.3) is 10.0 Å². The predicted octanol–water partition coefficient (Wildman–Crippen LogP) is 2.43. The lowest BCUT2D eigenvalue weighted by Gasteiger charge is -2.37. The number of nitrogens with zero attached hydrogens (tertiary/aromatic N) is 2. The van der Waals surface area contributed by atoms with E-state index in [9.17, 15) is 8.42 Å². The minimum absolute atomic E-state index is 0.105. The van der Waals surface area contributed by atoms with Crippen molar-refractivity contribution in [2.45, 2.75) is 10.9 Å². The highest BCUT2D eigenvalue weighted by Gasteiger charge is 2.44. The molecule has 0 saturated carbocycles. The summed E-state index contributed by atoms with van der Waals surface area (Å²) < 4.78 is 27.7. The zero-order valence-corrected chi connectivity index (χ0v) is 13.6. The van der Waals surface area contributed by atoms with Crippen LogP contribution in [0.2, 0.25) is 0 Å². The van der Waals surface area contributed by atoms with Crippen LogP contribution in [-0.2, 0) is 14.9 Å². The second-order valence-corrected chi connectivity index (χ2v) is 7.82. The maximum Gasteiger partial charge on any atom is 0.264 e. The van der Waals surface area contributed by atoms with Gasteiger partial charge in [0.15, 0.2) is 0 Å². The van der Waals surface area contributed by atoms with Crippen LogP contribution in [0, 0.1) is 5.92 Å². The standard InChI is InChI=1S/C17H18N2O3S/c1-18-17-13(12-22-18)11-19(16-10-6-5-9-15(16)17)23(20,21)14-7-3-2-4-8-14/h2-10,13,17H,11-12H2,1H3/t13-,17+/m0/s1. The molecule has 23 heavy (non-hydrogen) atoms. The highest BCUT2D eigenvalue weighted by Crippen LogP contribution is 2.45. The van der Waals surface area contributed by atoms with Crippen molar-refractivity contribution in [3.05, 3.63) is 60.2 Å². The molecule has 0 spiro atoms. The molecular weight excluding hydrogens is 312 g/mol. The number of rotatable bonds is 2. The molecule has 0 N–H and O–H groups in total. The van der Waals surface area contributed by atoms with Crippen LogP contribution in [0.4, 0.5) is 5.69 Å². The van der Waals surface area contributed by atoms with Crippen LogP contribution < -0.4 is 4.31 Å². The molecule has 2 aromatic rings. The Bertz CT molecular complexity index is 823. The number of anilines is 1. The fourth-order valence-electron chi connectivity index (χ4n) is 3.51. The van der Waals surface area contributed by atoms with E-state index < -0.39 is 10.0 Å². The van der Waals surface area contributed by atoms with Gasteiger partial charge in [-0.2, -0.15) is 5.06 Å².